The first-order chi connectivity index (χ1) is 3.06. The van der Waals surface area contributed by atoms with E-state index < -0.39 is 7.60 Å². The van der Waals surface area contributed by atoms with Crippen molar-refractivity contribution in [2.75, 3.05) is 6.16 Å². The maximum Gasteiger partial charge on any atom is 0.329 e. The molecule has 9 heavy (non-hydrogen) atoms. The molecule has 0 aliphatic carbocycles. The SMILES string of the molecule is C=CCP(=O)(O)O.N.N. The maximum absolute atomic E-state index is 9.85. The standard InChI is InChI=1S/C3H7O3P.2H3N/c1-2-3-7(4,5)6;;/h2H,1,3H2,(H2,4,5,6);2*1H3. The minimum Gasteiger partial charge on any atom is -0.344 e. The smallest absolute Gasteiger partial charge is 0.329 e. The van der Waals surface area contributed by atoms with E-state index in [1.165, 1.54) is 6.08 Å². The minimum atomic E-state index is -3.78. The molecule has 0 heterocycles. The van der Waals surface area contributed by atoms with E-state index in [9.17, 15) is 4.57 Å². The third kappa shape index (κ3) is 18.2. The van der Waals surface area contributed by atoms with Gasteiger partial charge in [-0.1, -0.05) is 6.08 Å². The van der Waals surface area contributed by atoms with Crippen molar-refractivity contribution in [3.63, 3.8) is 0 Å². The van der Waals surface area contributed by atoms with Crippen LogP contribution in [0.5, 0.6) is 0 Å². The molecule has 5 nitrogen and oxygen atoms in total. The summed E-state index contributed by atoms with van der Waals surface area (Å²) >= 11 is 0. The summed E-state index contributed by atoms with van der Waals surface area (Å²) in [5.41, 5.74) is 0. The van der Waals surface area contributed by atoms with Crippen molar-refractivity contribution in [1.29, 1.82) is 0 Å². The zero-order valence-electron chi connectivity index (χ0n) is 5.16. The third-order valence-corrected chi connectivity index (χ3v) is 1.10. The summed E-state index contributed by atoms with van der Waals surface area (Å²) in [4.78, 5) is 16.1. The zero-order valence-corrected chi connectivity index (χ0v) is 6.05. The second kappa shape index (κ2) is 5.94. The van der Waals surface area contributed by atoms with E-state index >= 15 is 0 Å². The van der Waals surface area contributed by atoms with Gasteiger partial charge in [-0.15, -0.1) is 6.58 Å². The van der Waals surface area contributed by atoms with Gasteiger partial charge < -0.3 is 22.1 Å². The highest BCUT2D eigenvalue weighted by Gasteiger charge is 2.06. The molecule has 0 amide bonds. The van der Waals surface area contributed by atoms with Gasteiger partial charge in [0.25, 0.3) is 0 Å². The molecular formula is C3H13N2O3P. The van der Waals surface area contributed by atoms with Crippen molar-refractivity contribution in [3.8, 4) is 0 Å². The van der Waals surface area contributed by atoms with Gasteiger partial charge in [-0.3, -0.25) is 4.57 Å². The van der Waals surface area contributed by atoms with Crippen LogP contribution in [-0.4, -0.2) is 15.9 Å². The first-order valence-corrected chi connectivity index (χ1v) is 3.51. The number of hydrogen-bond donors (Lipinski definition) is 4. The Morgan fingerprint density at radius 2 is 1.78 bits per heavy atom. The Morgan fingerprint density at radius 1 is 1.44 bits per heavy atom. The topological polar surface area (TPSA) is 128 Å². The lowest BCUT2D eigenvalue weighted by molar-refractivity contribution is 0.377. The lowest BCUT2D eigenvalue weighted by atomic mass is 10.8. The summed E-state index contributed by atoms with van der Waals surface area (Å²) in [7, 11) is -3.78. The van der Waals surface area contributed by atoms with Crippen LogP contribution in [0.1, 0.15) is 0 Å². The Morgan fingerprint density at radius 3 is 1.78 bits per heavy atom. The van der Waals surface area contributed by atoms with Gasteiger partial charge in [0.15, 0.2) is 0 Å². The fraction of sp³-hybridized carbons (Fsp3) is 0.333. The van der Waals surface area contributed by atoms with Crippen LogP contribution in [0.3, 0.4) is 0 Å². The highest BCUT2D eigenvalue weighted by atomic mass is 31.2. The lowest BCUT2D eigenvalue weighted by Gasteiger charge is -1.94. The monoisotopic (exact) mass is 156 g/mol. The molecule has 6 heteroatoms. The summed E-state index contributed by atoms with van der Waals surface area (Å²) in [6.45, 7) is 3.15. The van der Waals surface area contributed by atoms with Crippen molar-refractivity contribution in [3.05, 3.63) is 12.7 Å². The van der Waals surface area contributed by atoms with E-state index in [2.05, 4.69) is 6.58 Å². The first-order valence-electron chi connectivity index (χ1n) is 1.72. The van der Waals surface area contributed by atoms with Gasteiger partial charge in [-0.25, -0.2) is 0 Å². The van der Waals surface area contributed by atoms with Crippen molar-refractivity contribution in [2.45, 2.75) is 0 Å². The molecule has 0 aliphatic rings. The fourth-order valence-electron chi connectivity index (χ4n) is 0.168. The van der Waals surface area contributed by atoms with Crippen molar-refractivity contribution >= 4 is 7.60 Å². The maximum atomic E-state index is 9.85. The summed E-state index contributed by atoms with van der Waals surface area (Å²) in [6.07, 6.45) is 0.966. The molecule has 0 saturated carbocycles. The second-order valence-corrected chi connectivity index (χ2v) is 2.83. The lowest BCUT2D eigenvalue weighted by Crippen LogP contribution is -1.78. The number of hydrogen-bond acceptors (Lipinski definition) is 3. The molecule has 0 aromatic rings. The van der Waals surface area contributed by atoms with Gasteiger partial charge in [0.05, 0.1) is 6.16 Å². The van der Waals surface area contributed by atoms with Gasteiger partial charge in [-0.2, -0.15) is 0 Å². The zero-order chi connectivity index (χ0) is 5.91. The van der Waals surface area contributed by atoms with Gasteiger partial charge in [0.1, 0.15) is 0 Å². The van der Waals surface area contributed by atoms with E-state index in [4.69, 9.17) is 9.79 Å². The predicted molar refractivity (Wildman–Crippen MR) is 37.2 cm³/mol. The molecule has 0 unspecified atom stereocenters. The quantitative estimate of drug-likeness (QED) is 0.345. The Labute approximate surface area is 54.1 Å². The molecule has 8 N–H and O–H groups in total. The summed E-state index contributed by atoms with van der Waals surface area (Å²) in [5, 5.41) is 0. The summed E-state index contributed by atoms with van der Waals surface area (Å²) in [6, 6.07) is 0. The molecule has 0 aromatic carbocycles. The van der Waals surface area contributed by atoms with Crippen molar-refractivity contribution in [2.24, 2.45) is 0 Å². The number of allylic oxidation sites excluding steroid dienone is 1. The molecule has 0 atom stereocenters. The molecular weight excluding hydrogens is 143 g/mol. The second-order valence-electron chi connectivity index (χ2n) is 1.14. The summed E-state index contributed by atoms with van der Waals surface area (Å²) < 4.78 is 9.85. The Hall–Kier alpha value is -0.190. The Kier molecular flexibility index (Phi) is 10.5. The van der Waals surface area contributed by atoms with Gasteiger partial charge in [0, 0.05) is 0 Å². The van der Waals surface area contributed by atoms with Crippen LogP contribution < -0.4 is 12.3 Å². The largest absolute Gasteiger partial charge is 0.344 e. The van der Waals surface area contributed by atoms with Crippen LogP contribution in [0, 0.1) is 0 Å². The minimum absolute atomic E-state index is 0. The normalized spacial score (nSPS) is 8.67. The first kappa shape index (κ1) is 15.9. The van der Waals surface area contributed by atoms with Crippen molar-refractivity contribution < 1.29 is 14.4 Å². The molecule has 0 fully saturated rings. The molecule has 0 rings (SSSR count). The van der Waals surface area contributed by atoms with Crippen molar-refractivity contribution in [1.82, 2.24) is 12.3 Å². The van der Waals surface area contributed by atoms with Crippen LogP contribution in [-0.2, 0) is 4.57 Å². The highest BCUT2D eigenvalue weighted by molar-refractivity contribution is 7.51. The van der Waals surface area contributed by atoms with Gasteiger partial charge in [0.2, 0.25) is 0 Å². The van der Waals surface area contributed by atoms with E-state index in [-0.39, 0.29) is 18.5 Å². The van der Waals surface area contributed by atoms with E-state index in [1.807, 2.05) is 0 Å². The number of rotatable bonds is 2. The molecule has 0 spiro atoms. The van der Waals surface area contributed by atoms with Gasteiger partial charge >= 0.3 is 7.60 Å². The van der Waals surface area contributed by atoms with Crippen LogP contribution in [0.15, 0.2) is 12.7 Å². The molecule has 0 bridgehead atoms. The van der Waals surface area contributed by atoms with E-state index in [0.717, 1.165) is 0 Å². The van der Waals surface area contributed by atoms with E-state index in [1.54, 1.807) is 0 Å². The molecule has 0 saturated heterocycles. The fourth-order valence-corrected chi connectivity index (χ4v) is 0.505. The van der Waals surface area contributed by atoms with Crippen LogP contribution >= 0.6 is 7.60 Å². The highest BCUT2D eigenvalue weighted by Crippen LogP contribution is 2.33. The van der Waals surface area contributed by atoms with Crippen LogP contribution in [0.4, 0.5) is 0 Å². The van der Waals surface area contributed by atoms with Crippen LogP contribution in [0.2, 0.25) is 0 Å². The molecule has 0 radical (unpaired) electrons. The van der Waals surface area contributed by atoms with Gasteiger partial charge in [-0.05, 0) is 0 Å². The van der Waals surface area contributed by atoms with E-state index in [0.29, 0.717) is 0 Å². The molecule has 58 valence electrons. The molecule has 0 aromatic heterocycles. The Balaban J connectivity index is -0.000000180. The average molecular weight is 156 g/mol. The third-order valence-electron chi connectivity index (χ3n) is 0.367. The predicted octanol–water partition coefficient (Wildman–Crippen LogP) is 0.674. The Bertz CT molecular complexity index is 110. The average Bonchev–Trinajstić information content (AvgIpc) is 1.30. The summed E-state index contributed by atoms with van der Waals surface area (Å²) in [5.74, 6) is 0. The molecule has 0 aliphatic heterocycles. The van der Waals surface area contributed by atoms with Crippen LogP contribution in [0.25, 0.3) is 0 Å².